The molecule has 0 fully saturated rings. The predicted octanol–water partition coefficient (Wildman–Crippen LogP) is 1.77. The smallest absolute Gasteiger partial charge is 0.331 e. The van der Waals surface area contributed by atoms with E-state index >= 15 is 0 Å². The Labute approximate surface area is 117 Å². The quantitative estimate of drug-likeness (QED) is 0.606. The minimum absolute atomic E-state index is 0.167. The van der Waals surface area contributed by atoms with Gasteiger partial charge in [0.1, 0.15) is 0 Å². The fourth-order valence-electron chi connectivity index (χ4n) is 1.65. The second kappa shape index (κ2) is 8.16. The summed E-state index contributed by atoms with van der Waals surface area (Å²) in [4.78, 5) is 23.4. The van der Waals surface area contributed by atoms with E-state index in [-0.39, 0.29) is 19.6 Å². The van der Waals surface area contributed by atoms with E-state index in [1.807, 2.05) is 0 Å². The number of hydrogen-bond acceptors (Lipinski definition) is 6. The normalized spacial score (nSPS) is 11.6. The maximum Gasteiger partial charge on any atom is 0.331 e. The van der Waals surface area contributed by atoms with Crippen LogP contribution in [0.15, 0.2) is 30.3 Å². The van der Waals surface area contributed by atoms with E-state index in [0.29, 0.717) is 5.69 Å². The zero-order valence-electron chi connectivity index (χ0n) is 11.6. The molecule has 0 aromatic heterocycles. The van der Waals surface area contributed by atoms with Crippen molar-refractivity contribution in [3.63, 3.8) is 0 Å². The summed E-state index contributed by atoms with van der Waals surface area (Å²) in [5.74, 6) is -1.24. The van der Waals surface area contributed by atoms with Crippen LogP contribution in [0.1, 0.15) is 20.3 Å². The molecular formula is C14H19NO5. The maximum atomic E-state index is 11.9. The van der Waals surface area contributed by atoms with Crippen molar-refractivity contribution in [2.24, 2.45) is 0 Å². The van der Waals surface area contributed by atoms with E-state index in [0.717, 1.165) is 5.06 Å². The van der Waals surface area contributed by atoms with Gasteiger partial charge < -0.3 is 9.47 Å². The van der Waals surface area contributed by atoms with E-state index in [1.165, 1.54) is 0 Å². The largest absolute Gasteiger partial charge is 0.466 e. The molecule has 0 heterocycles. The van der Waals surface area contributed by atoms with E-state index in [4.69, 9.17) is 9.47 Å². The molecule has 0 saturated heterocycles. The number of esters is 2. The first-order chi connectivity index (χ1) is 9.60. The van der Waals surface area contributed by atoms with Gasteiger partial charge in [-0.2, -0.15) is 0 Å². The van der Waals surface area contributed by atoms with E-state index in [2.05, 4.69) is 0 Å². The molecule has 0 saturated carbocycles. The van der Waals surface area contributed by atoms with Gasteiger partial charge in [-0.05, 0) is 26.0 Å². The standard InChI is InChI=1S/C14H19NO5/c1-3-19-13(16)10-12(14(17)20-4-2)15(18)11-8-6-5-7-9-11/h5-9,12,18H,3-4,10H2,1-2H3. The van der Waals surface area contributed by atoms with Crippen molar-refractivity contribution in [1.29, 1.82) is 0 Å². The topological polar surface area (TPSA) is 76.1 Å². The van der Waals surface area contributed by atoms with Crippen LogP contribution in [-0.4, -0.2) is 36.4 Å². The fourth-order valence-corrected chi connectivity index (χ4v) is 1.65. The molecule has 1 aromatic carbocycles. The maximum absolute atomic E-state index is 11.9. The number of nitrogens with zero attached hydrogens (tertiary/aromatic N) is 1. The van der Waals surface area contributed by atoms with Crippen LogP contribution in [0.2, 0.25) is 0 Å². The monoisotopic (exact) mass is 281 g/mol. The molecule has 0 spiro atoms. The van der Waals surface area contributed by atoms with Gasteiger partial charge in [0.05, 0.1) is 25.3 Å². The SMILES string of the molecule is CCOC(=O)CC(C(=O)OCC)N(O)c1ccccc1. The number of para-hydroxylation sites is 1. The molecule has 20 heavy (non-hydrogen) atoms. The first kappa shape index (κ1) is 16.0. The third-order valence-electron chi connectivity index (χ3n) is 2.54. The highest BCUT2D eigenvalue weighted by Crippen LogP contribution is 2.17. The Morgan fingerprint density at radius 2 is 1.75 bits per heavy atom. The lowest BCUT2D eigenvalue weighted by Gasteiger charge is -2.25. The third kappa shape index (κ3) is 4.55. The molecule has 0 amide bonds. The van der Waals surface area contributed by atoms with Gasteiger partial charge in [0, 0.05) is 0 Å². The molecule has 6 heteroatoms. The molecule has 0 aliphatic heterocycles. The van der Waals surface area contributed by atoms with E-state index in [1.54, 1.807) is 44.2 Å². The van der Waals surface area contributed by atoms with Crippen LogP contribution in [0.25, 0.3) is 0 Å². The molecule has 0 aliphatic rings. The number of benzene rings is 1. The molecule has 1 unspecified atom stereocenters. The summed E-state index contributed by atoms with van der Waals surface area (Å²) in [5, 5.41) is 10.9. The molecule has 1 rings (SSSR count). The highest BCUT2D eigenvalue weighted by Gasteiger charge is 2.30. The van der Waals surface area contributed by atoms with E-state index < -0.39 is 18.0 Å². The molecule has 0 aliphatic carbocycles. The minimum atomic E-state index is -1.13. The zero-order chi connectivity index (χ0) is 15.0. The van der Waals surface area contributed by atoms with Crippen LogP contribution in [0.3, 0.4) is 0 Å². The molecule has 1 atom stereocenters. The Kier molecular flexibility index (Phi) is 6.52. The second-order valence-corrected chi connectivity index (χ2v) is 3.96. The summed E-state index contributed by atoms with van der Waals surface area (Å²) in [6.45, 7) is 3.71. The Morgan fingerprint density at radius 3 is 2.30 bits per heavy atom. The van der Waals surface area contributed by atoms with Crippen molar-refractivity contribution in [2.75, 3.05) is 18.3 Å². The van der Waals surface area contributed by atoms with Crippen LogP contribution < -0.4 is 5.06 Å². The lowest BCUT2D eigenvalue weighted by molar-refractivity contribution is -0.153. The van der Waals surface area contributed by atoms with Gasteiger partial charge in [0.15, 0.2) is 6.04 Å². The molecule has 1 aromatic rings. The average Bonchev–Trinajstić information content (AvgIpc) is 2.45. The van der Waals surface area contributed by atoms with Gasteiger partial charge in [0.2, 0.25) is 0 Å². The molecule has 0 bridgehead atoms. The molecule has 6 nitrogen and oxygen atoms in total. The van der Waals surface area contributed by atoms with Crippen molar-refractivity contribution < 1.29 is 24.3 Å². The molecule has 0 radical (unpaired) electrons. The van der Waals surface area contributed by atoms with Crippen molar-refractivity contribution in [3.8, 4) is 0 Å². The van der Waals surface area contributed by atoms with Crippen LogP contribution in [0.5, 0.6) is 0 Å². The summed E-state index contributed by atoms with van der Waals surface area (Å²) in [5.41, 5.74) is 0.398. The summed E-state index contributed by atoms with van der Waals surface area (Å²) in [7, 11) is 0. The second-order valence-electron chi connectivity index (χ2n) is 3.96. The van der Waals surface area contributed by atoms with Gasteiger partial charge in [0.25, 0.3) is 0 Å². The number of hydrogen-bond donors (Lipinski definition) is 1. The first-order valence-corrected chi connectivity index (χ1v) is 6.45. The lowest BCUT2D eigenvalue weighted by Crippen LogP contribution is -2.42. The highest BCUT2D eigenvalue weighted by atomic mass is 16.6. The van der Waals surface area contributed by atoms with E-state index in [9.17, 15) is 14.8 Å². The minimum Gasteiger partial charge on any atom is -0.466 e. The summed E-state index contributed by atoms with van der Waals surface area (Å²) >= 11 is 0. The Morgan fingerprint density at radius 1 is 1.15 bits per heavy atom. The number of carbonyl (C=O) groups is 2. The summed E-state index contributed by atoms with van der Waals surface area (Å²) < 4.78 is 9.68. The molecule has 1 N–H and O–H groups in total. The summed E-state index contributed by atoms with van der Waals surface area (Å²) in [6, 6.07) is 7.32. The van der Waals surface area contributed by atoms with Crippen LogP contribution in [0, 0.1) is 0 Å². The van der Waals surface area contributed by atoms with Crippen molar-refractivity contribution in [3.05, 3.63) is 30.3 Å². The van der Waals surface area contributed by atoms with Crippen molar-refractivity contribution in [1.82, 2.24) is 0 Å². The molecular weight excluding hydrogens is 262 g/mol. The first-order valence-electron chi connectivity index (χ1n) is 6.45. The van der Waals surface area contributed by atoms with Crippen LogP contribution >= 0.6 is 0 Å². The van der Waals surface area contributed by atoms with Crippen LogP contribution in [-0.2, 0) is 19.1 Å². The van der Waals surface area contributed by atoms with Gasteiger partial charge in [-0.3, -0.25) is 10.0 Å². The Bertz CT molecular complexity index is 434. The number of hydroxylamine groups is 1. The van der Waals surface area contributed by atoms with Gasteiger partial charge in [-0.25, -0.2) is 9.86 Å². The zero-order valence-corrected chi connectivity index (χ0v) is 11.6. The number of carbonyl (C=O) groups excluding carboxylic acids is 2. The van der Waals surface area contributed by atoms with Crippen molar-refractivity contribution in [2.45, 2.75) is 26.3 Å². The fraction of sp³-hybridized carbons (Fsp3) is 0.429. The third-order valence-corrected chi connectivity index (χ3v) is 2.54. The average molecular weight is 281 g/mol. The number of ether oxygens (including phenoxy) is 2. The van der Waals surface area contributed by atoms with Crippen LogP contribution in [0.4, 0.5) is 5.69 Å². The van der Waals surface area contributed by atoms with Gasteiger partial charge in [-0.15, -0.1) is 0 Å². The van der Waals surface area contributed by atoms with Gasteiger partial charge in [-0.1, -0.05) is 18.2 Å². The highest BCUT2D eigenvalue weighted by molar-refractivity contribution is 5.85. The number of rotatable bonds is 7. The van der Waals surface area contributed by atoms with Gasteiger partial charge >= 0.3 is 11.9 Å². The van der Waals surface area contributed by atoms with Crippen molar-refractivity contribution >= 4 is 17.6 Å². The number of anilines is 1. The summed E-state index contributed by atoms with van der Waals surface area (Å²) in [6.07, 6.45) is -0.280. The Balaban J connectivity index is 2.86. The molecule has 110 valence electrons. The lowest BCUT2D eigenvalue weighted by atomic mass is 10.2. The predicted molar refractivity (Wildman–Crippen MR) is 72.4 cm³/mol. The Hall–Kier alpha value is -2.08.